The molecule has 0 unspecified atom stereocenters. The molecule has 19 heavy (non-hydrogen) atoms. The van der Waals surface area contributed by atoms with E-state index in [-0.39, 0.29) is 0 Å². The van der Waals surface area contributed by atoms with Gasteiger partial charge in [0.2, 0.25) is 0 Å². The van der Waals surface area contributed by atoms with Gasteiger partial charge in [-0.1, -0.05) is 32.0 Å². The summed E-state index contributed by atoms with van der Waals surface area (Å²) in [6, 6.07) is 8.49. The van der Waals surface area contributed by atoms with Crippen LogP contribution >= 0.6 is 0 Å². The third kappa shape index (κ3) is 6.26. The Bertz CT molecular complexity index is 467. The molecule has 0 heterocycles. The fourth-order valence-corrected chi connectivity index (χ4v) is 1.46. The number of amides is 2. The van der Waals surface area contributed by atoms with Gasteiger partial charge < -0.3 is 10.5 Å². The summed E-state index contributed by atoms with van der Waals surface area (Å²) in [4.78, 5) is 22.9. The van der Waals surface area contributed by atoms with E-state index in [0.29, 0.717) is 23.8 Å². The van der Waals surface area contributed by atoms with E-state index < -0.39 is 12.0 Å². The molecule has 0 atom stereocenters. The molecule has 102 valence electrons. The molecular weight excluding hydrogens is 244 g/mol. The van der Waals surface area contributed by atoms with Crippen molar-refractivity contribution in [2.75, 3.05) is 0 Å². The molecule has 0 saturated heterocycles. The number of carbonyl (C=O) groups excluding carboxylic acids is 2. The highest BCUT2D eigenvalue weighted by Crippen LogP contribution is 2.08. The fourth-order valence-electron chi connectivity index (χ4n) is 1.46. The minimum atomic E-state index is -0.829. The molecule has 5 nitrogen and oxygen atoms in total. The molecule has 0 aliphatic heterocycles. The summed E-state index contributed by atoms with van der Waals surface area (Å²) >= 11 is 0. The lowest BCUT2D eigenvalue weighted by Gasteiger charge is -2.06. The predicted molar refractivity (Wildman–Crippen MR) is 72.3 cm³/mol. The monoisotopic (exact) mass is 262 g/mol. The number of hydrogen-bond acceptors (Lipinski definition) is 4. The lowest BCUT2D eigenvalue weighted by Crippen LogP contribution is -2.32. The van der Waals surface area contributed by atoms with Crippen molar-refractivity contribution in [1.29, 1.82) is 0 Å². The Hall–Kier alpha value is -2.30. The van der Waals surface area contributed by atoms with Crippen LogP contribution in [-0.2, 0) is 4.79 Å². The van der Waals surface area contributed by atoms with Crippen molar-refractivity contribution >= 4 is 12.0 Å². The summed E-state index contributed by atoms with van der Waals surface area (Å²) in [7, 11) is 0. The van der Waals surface area contributed by atoms with E-state index in [9.17, 15) is 9.59 Å². The van der Waals surface area contributed by atoms with Crippen LogP contribution in [0.15, 0.2) is 42.1 Å². The highest BCUT2D eigenvalue weighted by molar-refractivity contribution is 5.99. The van der Waals surface area contributed by atoms with E-state index >= 15 is 0 Å². The Morgan fingerprint density at radius 1 is 1.32 bits per heavy atom. The lowest BCUT2D eigenvalue weighted by molar-refractivity contribution is -0.115. The molecule has 1 aromatic carbocycles. The molecular formula is C14H18N2O3. The number of imide groups is 1. The van der Waals surface area contributed by atoms with E-state index in [4.69, 9.17) is 10.5 Å². The van der Waals surface area contributed by atoms with Gasteiger partial charge in [0.05, 0.1) is 0 Å². The van der Waals surface area contributed by atoms with Crippen LogP contribution < -0.4 is 15.8 Å². The highest BCUT2D eigenvalue weighted by Gasteiger charge is 2.08. The smallest absolute Gasteiger partial charge is 0.410 e. The molecule has 0 aliphatic carbocycles. The molecule has 0 aliphatic rings. The molecule has 0 spiro atoms. The van der Waals surface area contributed by atoms with Crippen LogP contribution in [0.4, 0.5) is 4.79 Å². The second-order valence-electron chi connectivity index (χ2n) is 4.51. The highest BCUT2D eigenvalue weighted by atomic mass is 16.6. The molecule has 3 N–H and O–H groups in total. The van der Waals surface area contributed by atoms with Gasteiger partial charge in [0.1, 0.15) is 5.75 Å². The van der Waals surface area contributed by atoms with Gasteiger partial charge in [0.25, 0.3) is 5.91 Å². The summed E-state index contributed by atoms with van der Waals surface area (Å²) in [5.74, 6) is 0.131. The number of ether oxygens (including phenoxy) is 1. The van der Waals surface area contributed by atoms with Gasteiger partial charge in [-0.25, -0.2) is 4.79 Å². The molecule has 0 saturated carbocycles. The zero-order valence-electron chi connectivity index (χ0n) is 11.1. The average Bonchev–Trinajstić information content (AvgIpc) is 2.28. The quantitative estimate of drug-likeness (QED) is 0.815. The van der Waals surface area contributed by atoms with Crippen molar-refractivity contribution in [3.05, 3.63) is 42.1 Å². The summed E-state index contributed by atoms with van der Waals surface area (Å²) in [5, 5.41) is 2.08. The Morgan fingerprint density at radius 3 is 2.53 bits per heavy atom. The van der Waals surface area contributed by atoms with Crippen molar-refractivity contribution in [3.63, 3.8) is 0 Å². The van der Waals surface area contributed by atoms with E-state index in [1.165, 1.54) is 6.08 Å². The number of allylic oxidation sites excluding steroid dienone is 1. The lowest BCUT2D eigenvalue weighted by atomic mass is 10.1. The summed E-state index contributed by atoms with van der Waals surface area (Å²) in [6.45, 7) is 3.98. The van der Waals surface area contributed by atoms with E-state index in [0.717, 1.165) is 0 Å². The molecule has 0 radical (unpaired) electrons. The number of nitrogens with one attached hydrogen (secondary N) is 1. The second kappa shape index (κ2) is 7.20. The van der Waals surface area contributed by atoms with Crippen LogP contribution in [0.2, 0.25) is 0 Å². The maximum absolute atomic E-state index is 11.5. The van der Waals surface area contributed by atoms with Crippen molar-refractivity contribution < 1.29 is 14.3 Å². The summed E-state index contributed by atoms with van der Waals surface area (Å²) < 4.78 is 4.91. The van der Waals surface area contributed by atoms with Gasteiger partial charge in [-0.15, -0.1) is 0 Å². The van der Waals surface area contributed by atoms with E-state index in [1.54, 1.807) is 30.3 Å². The van der Waals surface area contributed by atoms with Crippen molar-refractivity contribution in [2.45, 2.75) is 20.3 Å². The fraction of sp³-hybridized carbons (Fsp3) is 0.286. The van der Waals surface area contributed by atoms with Gasteiger partial charge in [-0.2, -0.15) is 0 Å². The summed E-state index contributed by atoms with van der Waals surface area (Å²) in [5.41, 5.74) is 6.08. The minimum Gasteiger partial charge on any atom is -0.410 e. The van der Waals surface area contributed by atoms with Crippen LogP contribution in [0.3, 0.4) is 0 Å². The van der Waals surface area contributed by atoms with Crippen LogP contribution in [-0.4, -0.2) is 12.0 Å². The molecule has 5 heteroatoms. The van der Waals surface area contributed by atoms with E-state index in [2.05, 4.69) is 5.32 Å². The summed E-state index contributed by atoms with van der Waals surface area (Å²) in [6.07, 6.45) is 0.970. The van der Waals surface area contributed by atoms with Crippen LogP contribution in [0, 0.1) is 5.92 Å². The third-order valence-electron chi connectivity index (χ3n) is 2.14. The van der Waals surface area contributed by atoms with Crippen LogP contribution in [0.1, 0.15) is 20.3 Å². The molecule has 2 amide bonds. The zero-order chi connectivity index (χ0) is 14.3. The number of hydrogen-bond donors (Lipinski definition) is 2. The topological polar surface area (TPSA) is 81.4 Å². The number of para-hydroxylation sites is 1. The van der Waals surface area contributed by atoms with Gasteiger partial charge in [-0.3, -0.25) is 10.1 Å². The van der Waals surface area contributed by atoms with Crippen LogP contribution in [0.5, 0.6) is 5.75 Å². The van der Waals surface area contributed by atoms with Crippen molar-refractivity contribution in [2.24, 2.45) is 11.7 Å². The first-order valence-corrected chi connectivity index (χ1v) is 6.01. The first-order valence-electron chi connectivity index (χ1n) is 6.01. The molecule has 0 fully saturated rings. The SMILES string of the molecule is CC(C)CC(N)=CC(=O)NC(=O)Oc1ccccc1. The van der Waals surface area contributed by atoms with Crippen molar-refractivity contribution in [3.8, 4) is 5.75 Å². The minimum absolute atomic E-state index is 0.348. The van der Waals surface area contributed by atoms with E-state index in [1.807, 2.05) is 13.8 Å². The number of benzene rings is 1. The largest absolute Gasteiger partial charge is 0.419 e. The van der Waals surface area contributed by atoms with Gasteiger partial charge in [0.15, 0.2) is 0 Å². The molecule has 0 aromatic heterocycles. The first-order chi connectivity index (χ1) is 8.97. The Labute approximate surface area is 112 Å². The molecule has 1 rings (SSSR count). The average molecular weight is 262 g/mol. The second-order valence-corrected chi connectivity index (χ2v) is 4.51. The number of nitrogens with two attached hydrogens (primary N) is 1. The number of carbonyl (C=O) groups is 2. The molecule has 0 bridgehead atoms. The number of rotatable bonds is 4. The molecule has 1 aromatic rings. The van der Waals surface area contributed by atoms with Crippen molar-refractivity contribution in [1.82, 2.24) is 5.32 Å². The van der Waals surface area contributed by atoms with Crippen LogP contribution in [0.25, 0.3) is 0 Å². The Kier molecular flexibility index (Phi) is 5.60. The standard InChI is InChI=1S/C14H18N2O3/c1-10(2)8-11(15)9-13(17)16-14(18)19-12-6-4-3-5-7-12/h3-7,9-10H,8,15H2,1-2H3,(H,16,17,18). The van der Waals surface area contributed by atoms with Gasteiger partial charge >= 0.3 is 6.09 Å². The normalized spacial score (nSPS) is 11.2. The maximum atomic E-state index is 11.5. The first kappa shape index (κ1) is 14.8. The predicted octanol–water partition coefficient (Wildman–Crippen LogP) is 2.19. The Morgan fingerprint density at radius 2 is 1.95 bits per heavy atom. The maximum Gasteiger partial charge on any atom is 0.419 e. The van der Waals surface area contributed by atoms with Gasteiger partial charge in [-0.05, 0) is 24.5 Å². The third-order valence-corrected chi connectivity index (χ3v) is 2.14. The van der Waals surface area contributed by atoms with Gasteiger partial charge in [0, 0.05) is 11.8 Å². The Balaban J connectivity index is 2.46. The zero-order valence-corrected chi connectivity index (χ0v) is 11.1.